The molecule has 0 atom stereocenters. The van der Waals surface area contributed by atoms with Gasteiger partial charge < -0.3 is 9.26 Å². The van der Waals surface area contributed by atoms with Crippen LogP contribution in [0.25, 0.3) is 33.7 Å². The maximum Gasteiger partial charge on any atom is 0.258 e. The number of rotatable bonds is 4. The highest BCUT2D eigenvalue weighted by atomic mass is 19.1. The summed E-state index contributed by atoms with van der Waals surface area (Å²) in [6.07, 6.45) is 1.80. The number of ether oxygens (including phenoxy) is 1. The highest BCUT2D eigenvalue weighted by Gasteiger charge is 2.19. The summed E-state index contributed by atoms with van der Waals surface area (Å²) in [7, 11) is 1.47. The summed E-state index contributed by atoms with van der Waals surface area (Å²) in [6, 6.07) is 10.6. The van der Waals surface area contributed by atoms with Crippen LogP contribution in [0.1, 0.15) is 19.9 Å². The van der Waals surface area contributed by atoms with Crippen LogP contribution in [0, 0.1) is 5.82 Å². The van der Waals surface area contributed by atoms with Gasteiger partial charge in [-0.25, -0.2) is 4.39 Å². The molecule has 0 unspecified atom stereocenters. The van der Waals surface area contributed by atoms with E-state index in [1.165, 1.54) is 13.2 Å². The van der Waals surface area contributed by atoms with Crippen LogP contribution in [0.15, 0.2) is 47.1 Å². The first-order chi connectivity index (χ1) is 12.6. The van der Waals surface area contributed by atoms with Crippen molar-refractivity contribution in [1.82, 2.24) is 19.9 Å². The second-order valence-electron chi connectivity index (χ2n) is 6.20. The lowest BCUT2D eigenvalue weighted by Crippen LogP contribution is -2.01. The minimum absolute atomic E-state index is 0.146. The summed E-state index contributed by atoms with van der Waals surface area (Å²) in [5.74, 6) is 0.341. The van der Waals surface area contributed by atoms with Crippen molar-refractivity contribution in [1.29, 1.82) is 0 Å². The van der Waals surface area contributed by atoms with Gasteiger partial charge in [-0.05, 0) is 44.2 Å². The van der Waals surface area contributed by atoms with Gasteiger partial charge in [0.1, 0.15) is 17.1 Å². The molecule has 0 aliphatic carbocycles. The van der Waals surface area contributed by atoms with E-state index in [9.17, 15) is 4.39 Å². The normalized spacial score (nSPS) is 11.4. The van der Waals surface area contributed by atoms with E-state index in [1.54, 1.807) is 18.3 Å². The van der Waals surface area contributed by atoms with Crippen molar-refractivity contribution in [3.63, 3.8) is 0 Å². The Bertz CT molecular complexity index is 1080. The SMILES string of the molecule is COc1cccc(F)c1-c1noc(-c2ccc3c(cnn3C(C)C)c2)n1. The number of fused-ring (bicyclic) bond motifs is 1. The van der Waals surface area contributed by atoms with Crippen molar-refractivity contribution in [2.45, 2.75) is 19.9 Å². The third kappa shape index (κ3) is 2.61. The molecule has 0 N–H and O–H groups in total. The van der Waals surface area contributed by atoms with Crippen LogP contribution in [0.4, 0.5) is 4.39 Å². The van der Waals surface area contributed by atoms with Crippen molar-refractivity contribution in [3.05, 3.63) is 48.4 Å². The highest BCUT2D eigenvalue weighted by Crippen LogP contribution is 2.32. The molecule has 132 valence electrons. The van der Waals surface area contributed by atoms with Crippen molar-refractivity contribution < 1.29 is 13.7 Å². The fourth-order valence-electron chi connectivity index (χ4n) is 2.93. The van der Waals surface area contributed by atoms with E-state index in [1.807, 2.05) is 22.9 Å². The number of benzene rings is 2. The Morgan fingerprint density at radius 2 is 2.04 bits per heavy atom. The highest BCUT2D eigenvalue weighted by molar-refractivity contribution is 5.83. The number of halogens is 1. The first-order valence-corrected chi connectivity index (χ1v) is 8.22. The molecular formula is C19H17FN4O2. The van der Waals surface area contributed by atoms with Gasteiger partial charge >= 0.3 is 0 Å². The van der Waals surface area contributed by atoms with Gasteiger partial charge in [0, 0.05) is 17.0 Å². The molecule has 0 bridgehead atoms. The molecule has 2 heterocycles. The Balaban J connectivity index is 1.76. The molecule has 0 saturated heterocycles. The van der Waals surface area contributed by atoms with Crippen LogP contribution >= 0.6 is 0 Å². The molecule has 0 spiro atoms. The van der Waals surface area contributed by atoms with Crippen LogP contribution in [0.2, 0.25) is 0 Å². The Hall–Kier alpha value is -3.22. The molecular weight excluding hydrogens is 335 g/mol. The van der Waals surface area contributed by atoms with Gasteiger partial charge in [-0.1, -0.05) is 11.2 Å². The fourth-order valence-corrected chi connectivity index (χ4v) is 2.93. The lowest BCUT2D eigenvalue weighted by Gasteiger charge is -2.06. The molecule has 0 radical (unpaired) electrons. The largest absolute Gasteiger partial charge is 0.496 e. The molecule has 0 amide bonds. The van der Waals surface area contributed by atoms with E-state index in [0.717, 1.165) is 16.5 Å². The average molecular weight is 352 g/mol. The van der Waals surface area contributed by atoms with E-state index < -0.39 is 5.82 Å². The molecule has 6 nitrogen and oxygen atoms in total. The quantitative estimate of drug-likeness (QED) is 0.542. The molecule has 4 rings (SSSR count). The predicted octanol–water partition coefficient (Wildman–Crippen LogP) is 4.48. The van der Waals surface area contributed by atoms with E-state index >= 15 is 0 Å². The van der Waals surface area contributed by atoms with Crippen LogP contribution < -0.4 is 4.74 Å². The third-order valence-electron chi connectivity index (χ3n) is 4.18. The van der Waals surface area contributed by atoms with Crippen LogP contribution in [0.3, 0.4) is 0 Å². The number of aromatic nitrogens is 4. The minimum atomic E-state index is -0.467. The maximum atomic E-state index is 14.2. The van der Waals surface area contributed by atoms with E-state index in [4.69, 9.17) is 9.26 Å². The summed E-state index contributed by atoms with van der Waals surface area (Å²) in [4.78, 5) is 4.34. The molecule has 0 saturated carbocycles. The Kier molecular flexibility index (Phi) is 3.91. The molecule has 7 heteroatoms. The lowest BCUT2D eigenvalue weighted by molar-refractivity contribution is 0.410. The van der Waals surface area contributed by atoms with Crippen molar-refractivity contribution in [2.24, 2.45) is 0 Å². The Morgan fingerprint density at radius 1 is 1.19 bits per heavy atom. The summed E-state index contributed by atoms with van der Waals surface area (Å²) in [6.45, 7) is 4.15. The molecule has 0 aliphatic heterocycles. The lowest BCUT2D eigenvalue weighted by atomic mass is 10.1. The van der Waals surface area contributed by atoms with Gasteiger partial charge in [0.2, 0.25) is 5.82 Å². The van der Waals surface area contributed by atoms with Gasteiger partial charge in [0.15, 0.2) is 0 Å². The van der Waals surface area contributed by atoms with E-state index in [0.29, 0.717) is 11.6 Å². The van der Waals surface area contributed by atoms with Gasteiger partial charge in [-0.3, -0.25) is 4.68 Å². The van der Waals surface area contributed by atoms with E-state index in [2.05, 4.69) is 29.1 Å². The second kappa shape index (κ2) is 6.25. The predicted molar refractivity (Wildman–Crippen MR) is 95.4 cm³/mol. The third-order valence-corrected chi connectivity index (χ3v) is 4.18. The van der Waals surface area contributed by atoms with Crippen LogP contribution in [0.5, 0.6) is 5.75 Å². The zero-order valence-corrected chi connectivity index (χ0v) is 14.6. The summed E-state index contributed by atoms with van der Waals surface area (Å²) < 4.78 is 26.7. The average Bonchev–Trinajstić information content (AvgIpc) is 3.27. The smallest absolute Gasteiger partial charge is 0.258 e. The summed E-state index contributed by atoms with van der Waals surface area (Å²) >= 11 is 0. The van der Waals surface area contributed by atoms with Gasteiger partial charge in [-0.15, -0.1) is 0 Å². The van der Waals surface area contributed by atoms with Crippen molar-refractivity contribution in [2.75, 3.05) is 7.11 Å². The number of hydrogen-bond donors (Lipinski definition) is 0. The Labute approximate surface area is 149 Å². The van der Waals surface area contributed by atoms with Crippen LogP contribution in [-0.2, 0) is 0 Å². The van der Waals surface area contributed by atoms with Crippen molar-refractivity contribution in [3.8, 4) is 28.6 Å². The standard InChI is InChI=1S/C19H17FN4O2/c1-11(2)24-15-8-7-12(9-13(15)10-21-24)19-22-18(23-26-19)17-14(20)5-4-6-16(17)25-3/h4-11H,1-3H3. The molecule has 2 aromatic heterocycles. The molecule has 4 aromatic rings. The first-order valence-electron chi connectivity index (χ1n) is 8.22. The van der Waals surface area contributed by atoms with Crippen LogP contribution in [-0.4, -0.2) is 27.0 Å². The number of hydrogen-bond acceptors (Lipinski definition) is 5. The number of nitrogens with zero attached hydrogens (tertiary/aromatic N) is 4. The van der Waals surface area contributed by atoms with Gasteiger partial charge in [-0.2, -0.15) is 10.1 Å². The maximum absolute atomic E-state index is 14.2. The summed E-state index contributed by atoms with van der Waals surface area (Å²) in [5.41, 5.74) is 1.95. The van der Waals surface area contributed by atoms with Gasteiger partial charge in [0.25, 0.3) is 5.89 Å². The monoisotopic (exact) mass is 352 g/mol. The van der Waals surface area contributed by atoms with Crippen molar-refractivity contribution >= 4 is 10.9 Å². The van der Waals surface area contributed by atoms with E-state index in [-0.39, 0.29) is 17.4 Å². The minimum Gasteiger partial charge on any atom is -0.496 e. The zero-order chi connectivity index (χ0) is 18.3. The zero-order valence-electron chi connectivity index (χ0n) is 14.6. The van der Waals surface area contributed by atoms with Gasteiger partial charge in [0.05, 0.1) is 18.8 Å². The molecule has 0 aliphatic rings. The first kappa shape index (κ1) is 16.3. The Morgan fingerprint density at radius 3 is 2.81 bits per heavy atom. The molecule has 2 aromatic carbocycles. The fraction of sp³-hybridized carbons (Fsp3) is 0.211. The number of methoxy groups -OCH3 is 1. The molecule has 26 heavy (non-hydrogen) atoms. The second-order valence-corrected chi connectivity index (χ2v) is 6.20. The summed E-state index contributed by atoms with van der Waals surface area (Å²) in [5, 5.41) is 9.29. The molecule has 0 fully saturated rings. The topological polar surface area (TPSA) is 66.0 Å².